The van der Waals surface area contributed by atoms with Crippen LogP contribution in [0.3, 0.4) is 0 Å². The number of rotatable bonds is 6. The molecule has 3 atom stereocenters. The molecule has 2 heterocycles. The van der Waals surface area contributed by atoms with E-state index in [-0.39, 0.29) is 6.04 Å². The third-order valence-corrected chi connectivity index (χ3v) is 5.34. The Hall–Kier alpha value is -1.01. The molecular weight excluding hydrogens is 280 g/mol. The van der Waals surface area contributed by atoms with Crippen molar-refractivity contribution in [1.82, 2.24) is 9.88 Å². The minimum atomic E-state index is -0.935. The van der Waals surface area contributed by atoms with E-state index in [1.807, 2.05) is 6.08 Å². The molecule has 1 aromatic heterocycles. The molecular formula is C13H18N2O2S2. The molecule has 1 aromatic rings. The summed E-state index contributed by atoms with van der Waals surface area (Å²) in [6.45, 7) is 4.79. The molecule has 1 aliphatic heterocycles. The number of carbonyl (C=O) groups is 1. The zero-order valence-corrected chi connectivity index (χ0v) is 12.7. The van der Waals surface area contributed by atoms with Crippen LogP contribution in [0, 0.1) is 0 Å². The summed E-state index contributed by atoms with van der Waals surface area (Å²) in [5.74, 6) is 0.955. The SMILES string of the molecule is CCC(C)c1csc(CN(C=O)C2C=CS(=O)C2)n1. The van der Waals surface area contributed by atoms with Crippen LogP contribution >= 0.6 is 11.3 Å². The van der Waals surface area contributed by atoms with E-state index in [0.29, 0.717) is 18.2 Å². The standard InChI is InChI=1S/C13H18N2O2S2/c1-3-10(2)12-7-18-13(14-12)6-15(9-16)11-4-5-19(17)8-11/h4-5,7,9-11H,3,6,8H2,1-2H3. The summed E-state index contributed by atoms with van der Waals surface area (Å²) in [7, 11) is -0.935. The van der Waals surface area contributed by atoms with Crippen molar-refractivity contribution in [3.05, 3.63) is 27.6 Å². The van der Waals surface area contributed by atoms with Crippen molar-refractivity contribution in [2.45, 2.75) is 38.8 Å². The maximum absolute atomic E-state index is 11.3. The van der Waals surface area contributed by atoms with Crippen LogP contribution in [-0.2, 0) is 22.1 Å². The van der Waals surface area contributed by atoms with Crippen molar-refractivity contribution >= 4 is 28.5 Å². The van der Waals surface area contributed by atoms with Crippen LogP contribution in [0.2, 0.25) is 0 Å². The van der Waals surface area contributed by atoms with Crippen LogP contribution in [0.15, 0.2) is 16.9 Å². The lowest BCUT2D eigenvalue weighted by atomic mass is 10.1. The molecule has 0 spiro atoms. The summed E-state index contributed by atoms with van der Waals surface area (Å²) in [6, 6.07) is -0.0609. The summed E-state index contributed by atoms with van der Waals surface area (Å²) < 4.78 is 11.3. The van der Waals surface area contributed by atoms with E-state index < -0.39 is 10.8 Å². The molecule has 0 aliphatic carbocycles. The van der Waals surface area contributed by atoms with E-state index in [9.17, 15) is 9.00 Å². The van der Waals surface area contributed by atoms with Crippen molar-refractivity contribution in [3.8, 4) is 0 Å². The Labute approximate surface area is 120 Å². The Morgan fingerprint density at radius 3 is 3.05 bits per heavy atom. The highest BCUT2D eigenvalue weighted by molar-refractivity contribution is 7.88. The lowest BCUT2D eigenvalue weighted by Crippen LogP contribution is -2.33. The minimum Gasteiger partial charge on any atom is -0.331 e. The fraction of sp³-hybridized carbons (Fsp3) is 0.538. The molecule has 0 saturated carbocycles. The topological polar surface area (TPSA) is 50.3 Å². The fourth-order valence-corrected chi connectivity index (χ4v) is 3.92. The molecule has 1 amide bonds. The lowest BCUT2D eigenvalue weighted by Gasteiger charge is -2.21. The van der Waals surface area contributed by atoms with Gasteiger partial charge in [0.15, 0.2) is 0 Å². The average molecular weight is 298 g/mol. The van der Waals surface area contributed by atoms with Crippen molar-refractivity contribution in [2.24, 2.45) is 0 Å². The van der Waals surface area contributed by atoms with Gasteiger partial charge in [-0.25, -0.2) is 4.98 Å². The molecule has 0 aromatic carbocycles. The quantitative estimate of drug-likeness (QED) is 0.757. The van der Waals surface area contributed by atoms with Crippen molar-refractivity contribution in [2.75, 3.05) is 5.75 Å². The predicted octanol–water partition coefficient (Wildman–Crippen LogP) is 2.26. The number of amides is 1. The van der Waals surface area contributed by atoms with E-state index in [2.05, 4.69) is 24.2 Å². The number of thiazole rings is 1. The van der Waals surface area contributed by atoms with E-state index in [1.165, 1.54) is 0 Å². The van der Waals surface area contributed by atoms with Gasteiger partial charge in [-0.15, -0.1) is 11.3 Å². The molecule has 2 rings (SSSR count). The third kappa shape index (κ3) is 3.51. The van der Waals surface area contributed by atoms with Gasteiger partial charge in [-0.1, -0.05) is 19.9 Å². The fourth-order valence-electron chi connectivity index (χ4n) is 1.89. The summed E-state index contributed by atoms with van der Waals surface area (Å²) in [5, 5.41) is 4.66. The van der Waals surface area contributed by atoms with Crippen molar-refractivity contribution < 1.29 is 9.00 Å². The molecule has 0 bridgehead atoms. The molecule has 19 heavy (non-hydrogen) atoms. The van der Waals surface area contributed by atoms with Crippen molar-refractivity contribution in [1.29, 1.82) is 0 Å². The van der Waals surface area contributed by atoms with Gasteiger partial charge in [-0.3, -0.25) is 9.00 Å². The number of aromatic nitrogens is 1. The molecule has 6 heteroatoms. The summed E-state index contributed by atoms with van der Waals surface area (Å²) >= 11 is 1.58. The van der Waals surface area contributed by atoms with Gasteiger partial charge in [0.2, 0.25) is 6.41 Å². The van der Waals surface area contributed by atoms with E-state index in [1.54, 1.807) is 21.6 Å². The van der Waals surface area contributed by atoms with Gasteiger partial charge < -0.3 is 4.90 Å². The van der Waals surface area contributed by atoms with Gasteiger partial charge in [0.1, 0.15) is 5.01 Å². The first-order valence-corrected chi connectivity index (χ1v) is 8.61. The Bertz CT molecular complexity index is 499. The van der Waals surface area contributed by atoms with Crippen LogP contribution in [-0.4, -0.2) is 32.3 Å². The second-order valence-electron chi connectivity index (χ2n) is 4.70. The second kappa shape index (κ2) is 6.43. The second-order valence-corrected chi connectivity index (χ2v) is 7.01. The first-order chi connectivity index (χ1) is 9.13. The molecule has 3 unspecified atom stereocenters. The Morgan fingerprint density at radius 1 is 1.68 bits per heavy atom. The van der Waals surface area contributed by atoms with E-state index in [4.69, 9.17) is 0 Å². The minimum absolute atomic E-state index is 0.0609. The molecule has 0 fully saturated rings. The Kier molecular flexibility index (Phi) is 4.87. The molecule has 1 aliphatic rings. The van der Waals surface area contributed by atoms with Gasteiger partial charge in [0.05, 0.1) is 24.0 Å². The van der Waals surface area contributed by atoms with Crippen LogP contribution in [0.25, 0.3) is 0 Å². The highest BCUT2D eigenvalue weighted by Gasteiger charge is 2.22. The van der Waals surface area contributed by atoms with Gasteiger partial charge >= 0.3 is 0 Å². The summed E-state index contributed by atoms with van der Waals surface area (Å²) in [6.07, 6.45) is 3.72. The normalized spacial score (nSPS) is 23.5. The van der Waals surface area contributed by atoms with Crippen LogP contribution < -0.4 is 0 Å². The van der Waals surface area contributed by atoms with Crippen LogP contribution in [0.5, 0.6) is 0 Å². The average Bonchev–Trinajstić information content (AvgIpc) is 3.04. The summed E-state index contributed by atoms with van der Waals surface area (Å²) in [5.41, 5.74) is 1.10. The molecule has 4 nitrogen and oxygen atoms in total. The van der Waals surface area contributed by atoms with E-state index in [0.717, 1.165) is 23.5 Å². The lowest BCUT2D eigenvalue weighted by molar-refractivity contribution is -0.119. The predicted molar refractivity (Wildman–Crippen MR) is 78.4 cm³/mol. The first kappa shape index (κ1) is 14.4. The first-order valence-electron chi connectivity index (χ1n) is 6.34. The van der Waals surface area contributed by atoms with Gasteiger partial charge in [-0.05, 0) is 12.3 Å². The smallest absolute Gasteiger partial charge is 0.210 e. The van der Waals surface area contributed by atoms with Crippen LogP contribution in [0.1, 0.15) is 36.9 Å². The van der Waals surface area contributed by atoms with Gasteiger partial charge in [-0.2, -0.15) is 0 Å². The Balaban J connectivity index is 2.02. The van der Waals surface area contributed by atoms with Crippen molar-refractivity contribution in [3.63, 3.8) is 0 Å². The highest BCUT2D eigenvalue weighted by Crippen LogP contribution is 2.22. The monoisotopic (exact) mass is 298 g/mol. The summed E-state index contributed by atoms with van der Waals surface area (Å²) in [4.78, 5) is 17.4. The number of carbonyl (C=O) groups excluding carboxylic acids is 1. The van der Waals surface area contributed by atoms with E-state index >= 15 is 0 Å². The van der Waals surface area contributed by atoms with Gasteiger partial charge in [0, 0.05) is 21.6 Å². The zero-order valence-electron chi connectivity index (χ0n) is 11.1. The number of hydrogen-bond donors (Lipinski definition) is 0. The largest absolute Gasteiger partial charge is 0.331 e. The third-order valence-electron chi connectivity index (χ3n) is 3.35. The zero-order chi connectivity index (χ0) is 13.8. The maximum atomic E-state index is 11.3. The molecule has 0 radical (unpaired) electrons. The van der Waals surface area contributed by atoms with Crippen LogP contribution in [0.4, 0.5) is 0 Å². The Morgan fingerprint density at radius 2 is 2.47 bits per heavy atom. The maximum Gasteiger partial charge on any atom is 0.210 e. The molecule has 104 valence electrons. The highest BCUT2D eigenvalue weighted by atomic mass is 32.2. The number of nitrogens with zero attached hydrogens (tertiary/aromatic N) is 2. The molecule has 0 N–H and O–H groups in total. The van der Waals surface area contributed by atoms with Gasteiger partial charge in [0.25, 0.3) is 0 Å². The number of hydrogen-bond acceptors (Lipinski definition) is 4. The molecule has 0 saturated heterocycles.